The van der Waals surface area contributed by atoms with E-state index in [1.165, 1.54) is 25.3 Å². The summed E-state index contributed by atoms with van der Waals surface area (Å²) in [5.74, 6) is 0.336. The molecule has 2 aromatic carbocycles. The van der Waals surface area contributed by atoms with Gasteiger partial charge in [0, 0.05) is 93.1 Å². The third-order valence-electron chi connectivity index (χ3n) is 18.7. The fourth-order valence-electron chi connectivity index (χ4n) is 14.0. The fourth-order valence-corrected chi connectivity index (χ4v) is 14.0. The smallest absolute Gasteiger partial charge is 0.238 e. The molecule has 8 heterocycles. The van der Waals surface area contributed by atoms with E-state index < -0.39 is 5.41 Å². The van der Waals surface area contributed by atoms with E-state index in [4.69, 9.17) is 9.97 Å². The van der Waals surface area contributed by atoms with Crippen molar-refractivity contribution in [3.05, 3.63) is 90.1 Å². The first-order chi connectivity index (χ1) is 37.3. The van der Waals surface area contributed by atoms with Crippen LogP contribution in [0.4, 0.5) is 27.4 Å². The van der Waals surface area contributed by atoms with Crippen LogP contribution in [0.15, 0.2) is 73.2 Å². The number of nitrogens with zero attached hydrogens (tertiary/aromatic N) is 9. The van der Waals surface area contributed by atoms with Crippen molar-refractivity contribution in [3.63, 3.8) is 0 Å². The molecule has 3 aromatic heterocycles. The lowest BCUT2D eigenvalue weighted by Crippen LogP contribution is -2.58. The van der Waals surface area contributed by atoms with Gasteiger partial charge in [-0.25, -0.2) is 19.3 Å². The molecule has 5 aromatic rings. The highest BCUT2D eigenvalue weighted by atomic mass is 19.1. The minimum Gasteiger partial charge on any atom is -0.357 e. The van der Waals surface area contributed by atoms with E-state index in [1.54, 1.807) is 30.7 Å². The van der Waals surface area contributed by atoms with E-state index in [0.717, 1.165) is 78.0 Å². The Kier molecular flexibility index (Phi) is 13.8. The number of benzene rings is 2. The number of nitrogens with one attached hydrogen (secondary N) is 2. The van der Waals surface area contributed by atoms with Crippen molar-refractivity contribution in [3.8, 4) is 11.3 Å². The summed E-state index contributed by atoms with van der Waals surface area (Å²) in [5, 5.41) is 5.72. The molecule has 16 nitrogen and oxygen atoms in total. The highest BCUT2D eigenvalue weighted by molar-refractivity contribution is 6.09. The van der Waals surface area contributed by atoms with Crippen LogP contribution in [0, 0.1) is 17.7 Å². The number of halogens is 1. The summed E-state index contributed by atoms with van der Waals surface area (Å²) in [7, 11) is 2.03. The molecule has 5 aliphatic heterocycles. The zero-order valence-corrected chi connectivity index (χ0v) is 44.8. The van der Waals surface area contributed by atoms with Gasteiger partial charge in [0.15, 0.2) is 5.82 Å². The molecule has 2 aliphatic carbocycles. The first kappa shape index (κ1) is 51.0. The molecule has 2 saturated carbocycles. The molecular weight excluding hydrogens is 974 g/mol. The third-order valence-corrected chi connectivity index (χ3v) is 18.7. The Morgan fingerprint density at radius 3 is 2.16 bits per heavy atom. The monoisotopic (exact) mass is 1050 g/mol. The van der Waals surface area contributed by atoms with Crippen LogP contribution in [0.5, 0.6) is 0 Å². The number of imide groups is 1. The molecular formula is C60H72FN11O5. The van der Waals surface area contributed by atoms with Crippen molar-refractivity contribution in [1.82, 2.24) is 39.5 Å². The summed E-state index contributed by atoms with van der Waals surface area (Å²) in [4.78, 5) is 93.2. The van der Waals surface area contributed by atoms with E-state index in [-0.39, 0.29) is 71.2 Å². The van der Waals surface area contributed by atoms with Gasteiger partial charge in [-0.2, -0.15) is 0 Å². The molecule has 77 heavy (non-hydrogen) atoms. The zero-order chi connectivity index (χ0) is 53.1. The molecule has 12 rings (SSSR count). The molecule has 5 amide bonds. The minimum atomic E-state index is -0.739. The predicted molar refractivity (Wildman–Crippen MR) is 293 cm³/mol. The lowest BCUT2D eigenvalue weighted by molar-refractivity contribution is -0.143. The summed E-state index contributed by atoms with van der Waals surface area (Å²) in [6.07, 6.45) is 15.5. The molecule has 2 N–H and O–H groups in total. The van der Waals surface area contributed by atoms with Gasteiger partial charge in [0.2, 0.25) is 29.5 Å². The summed E-state index contributed by atoms with van der Waals surface area (Å²) < 4.78 is 17.2. The predicted octanol–water partition coefficient (Wildman–Crippen LogP) is 8.63. The normalized spacial score (nSPS) is 25.0. The van der Waals surface area contributed by atoms with Crippen molar-refractivity contribution >= 4 is 63.6 Å². The number of anilines is 4. The summed E-state index contributed by atoms with van der Waals surface area (Å²) in [6, 6.07) is 19.6. The van der Waals surface area contributed by atoms with Crippen LogP contribution in [0.25, 0.3) is 22.3 Å². The maximum absolute atomic E-state index is 15.3. The number of aromatic nitrogens is 4. The second-order valence-corrected chi connectivity index (χ2v) is 23.4. The van der Waals surface area contributed by atoms with Gasteiger partial charge < -0.3 is 34.4 Å². The van der Waals surface area contributed by atoms with Crippen molar-refractivity contribution in [2.45, 2.75) is 146 Å². The topological polar surface area (TPSA) is 169 Å². The average molecular weight is 1050 g/mol. The number of carbonyl (C=O) groups is 5. The van der Waals surface area contributed by atoms with Gasteiger partial charge >= 0.3 is 0 Å². The second kappa shape index (κ2) is 20.9. The Hall–Kier alpha value is -6.75. The summed E-state index contributed by atoms with van der Waals surface area (Å²) >= 11 is 0. The maximum Gasteiger partial charge on any atom is 0.238 e. The Balaban J connectivity index is 0.701. The average Bonchev–Trinajstić information content (AvgIpc) is 4.20. The summed E-state index contributed by atoms with van der Waals surface area (Å²) in [6.45, 7) is 8.75. The van der Waals surface area contributed by atoms with Crippen molar-refractivity contribution in [1.29, 1.82) is 0 Å². The van der Waals surface area contributed by atoms with Crippen LogP contribution in [0.2, 0.25) is 0 Å². The van der Waals surface area contributed by atoms with Gasteiger partial charge in [-0.3, -0.25) is 29.3 Å². The second-order valence-electron chi connectivity index (χ2n) is 23.4. The fraction of sp³-hybridized carbons (Fsp3) is 0.533. The Bertz CT molecular complexity index is 3070. The number of rotatable bonds is 11. The van der Waals surface area contributed by atoms with Crippen LogP contribution in [0.3, 0.4) is 0 Å². The lowest BCUT2D eigenvalue weighted by atomic mass is 9.72. The van der Waals surface area contributed by atoms with Crippen molar-refractivity contribution < 1.29 is 28.4 Å². The number of fused-ring (bicyclic) bond motifs is 3. The number of para-hydroxylation sites is 1. The zero-order valence-electron chi connectivity index (χ0n) is 44.8. The van der Waals surface area contributed by atoms with E-state index in [1.807, 2.05) is 39.6 Å². The molecule has 0 bridgehead atoms. The quantitative estimate of drug-likeness (QED) is 0.122. The number of hydrogen-bond acceptors (Lipinski definition) is 11. The molecule has 1 unspecified atom stereocenters. The number of pyridine rings is 2. The molecule has 0 radical (unpaired) electrons. The summed E-state index contributed by atoms with van der Waals surface area (Å²) in [5.41, 5.74) is 5.41. The van der Waals surface area contributed by atoms with E-state index in [0.29, 0.717) is 101 Å². The number of imidazole rings is 1. The van der Waals surface area contributed by atoms with Crippen molar-refractivity contribution in [2.75, 3.05) is 61.4 Å². The van der Waals surface area contributed by atoms with E-state index in [9.17, 15) is 19.2 Å². The molecule has 1 atom stereocenters. The van der Waals surface area contributed by atoms with Gasteiger partial charge in [-0.15, -0.1) is 0 Å². The van der Waals surface area contributed by atoms with Gasteiger partial charge in [0.05, 0.1) is 34.6 Å². The molecule has 404 valence electrons. The Morgan fingerprint density at radius 1 is 0.792 bits per heavy atom. The van der Waals surface area contributed by atoms with Crippen LogP contribution < -0.4 is 20.4 Å². The van der Waals surface area contributed by atoms with Crippen LogP contribution in [-0.4, -0.2) is 128 Å². The molecule has 6 fully saturated rings. The van der Waals surface area contributed by atoms with E-state index >= 15 is 9.18 Å². The van der Waals surface area contributed by atoms with Crippen molar-refractivity contribution in [2.24, 2.45) is 11.8 Å². The highest BCUT2D eigenvalue weighted by Crippen LogP contribution is 2.53. The lowest BCUT2D eigenvalue weighted by Gasteiger charge is -2.48. The first-order valence-corrected chi connectivity index (χ1v) is 28.6. The molecule has 1 spiro atoms. The SMILES string of the molecule is CC(C)n1cnc2cc(-c3ccc4c(c3)N(C3CC(N5CCCCC5)C3)C(=O)C43CCN(C(=O)C4CCC(C(=O)N5CCC(N(C)c6ccc(C7CCC(=O)NC7=O)cn6)CC5)CC4)CC3)nc(Nc3ccccc3F)c21. The first-order valence-electron chi connectivity index (χ1n) is 28.6. The van der Waals surface area contributed by atoms with Gasteiger partial charge in [0.25, 0.3) is 0 Å². The van der Waals surface area contributed by atoms with E-state index in [2.05, 4.69) is 62.4 Å². The molecule has 4 saturated heterocycles. The van der Waals surface area contributed by atoms with Gasteiger partial charge in [-0.05, 0) is 152 Å². The van der Waals surface area contributed by atoms with Crippen LogP contribution in [-0.2, 0) is 29.4 Å². The Labute approximate surface area is 450 Å². The number of piperidine rings is 4. The van der Waals surface area contributed by atoms with Gasteiger partial charge in [-0.1, -0.05) is 36.8 Å². The van der Waals surface area contributed by atoms with Crippen LogP contribution in [0.1, 0.15) is 133 Å². The largest absolute Gasteiger partial charge is 0.357 e. The molecule has 17 heteroatoms. The van der Waals surface area contributed by atoms with Gasteiger partial charge in [0.1, 0.15) is 17.2 Å². The number of likely N-dealkylation sites (tertiary alicyclic amines) is 3. The van der Waals surface area contributed by atoms with Crippen LogP contribution >= 0.6 is 0 Å². The third kappa shape index (κ3) is 9.53. The maximum atomic E-state index is 15.3. The molecule has 7 aliphatic rings. The minimum absolute atomic E-state index is 0.0823. The highest BCUT2D eigenvalue weighted by Gasteiger charge is 2.56. The number of carbonyl (C=O) groups excluding carboxylic acids is 5. The number of amides is 5. The Morgan fingerprint density at radius 2 is 1.49 bits per heavy atom. The standard InChI is InChI=1S/C60H72FN11O5/c1-37(2)71-36-63-50-34-49(65-55(54(50)71)64-48-10-6-5-9-47(48)61)40-15-18-46-51(31-40)72(44-32-43(33-44)68-25-7-4-8-26-68)59(77)60(46)23-29-70(30-24-60)58(76)39-13-11-38(12-14-39)57(75)69-27-21-42(22-28-69)67(3)52-19-16-41(35-62-52)45-17-20-53(73)66-56(45)74/h5-6,9-10,15-16,18-19,31,34-39,42-45H,4,7-8,11-14,17,20-30,32-33H2,1-3H3,(H,64,65)(H,66,73,74). The number of hydrogen-bond donors (Lipinski definition) is 2.